The fraction of sp³-hybridized carbons (Fsp3) is 0.692. The van der Waals surface area contributed by atoms with Gasteiger partial charge in [0.05, 0.1) is 0 Å². The Morgan fingerprint density at radius 1 is 1.00 bits per heavy atom. The molecule has 0 radical (unpaired) electrons. The third kappa shape index (κ3) is 11.0. The molecule has 0 atom stereocenters. The molecule has 0 aliphatic heterocycles. The van der Waals surface area contributed by atoms with Crippen LogP contribution in [0.15, 0.2) is 12.7 Å². The quantitative estimate of drug-likeness (QED) is 0.334. The first-order chi connectivity index (χ1) is 7.66. The molecule has 0 heterocycles. The summed E-state index contributed by atoms with van der Waals surface area (Å²) >= 11 is 0. The Labute approximate surface area is 97.5 Å². The second kappa shape index (κ2) is 10.4. The summed E-state index contributed by atoms with van der Waals surface area (Å²) in [6.07, 6.45) is 9.71. The zero-order valence-corrected chi connectivity index (χ0v) is 9.91. The maximum absolute atomic E-state index is 11.0. The number of aliphatic carboxylic acids is 1. The Kier molecular flexibility index (Phi) is 9.67. The van der Waals surface area contributed by atoms with Crippen LogP contribution in [-0.2, 0) is 9.59 Å². The Morgan fingerprint density at radius 3 is 2.12 bits per heavy atom. The van der Waals surface area contributed by atoms with Crippen molar-refractivity contribution in [2.45, 2.75) is 57.8 Å². The molecule has 0 bridgehead atoms. The largest absolute Gasteiger partial charge is 0.481 e. The average molecular weight is 226 g/mol. The monoisotopic (exact) mass is 226 g/mol. The van der Waals surface area contributed by atoms with E-state index in [0.29, 0.717) is 6.42 Å². The molecule has 0 aliphatic rings. The smallest absolute Gasteiger partial charge is 0.310 e. The molecule has 1 N–H and O–H groups in total. The van der Waals surface area contributed by atoms with Crippen molar-refractivity contribution in [3.63, 3.8) is 0 Å². The number of carboxylic acids is 1. The van der Waals surface area contributed by atoms with Crippen LogP contribution in [0.4, 0.5) is 0 Å². The number of hydrogen-bond acceptors (Lipinski definition) is 2. The summed E-state index contributed by atoms with van der Waals surface area (Å²) in [5.41, 5.74) is 0. The van der Waals surface area contributed by atoms with E-state index in [-0.39, 0.29) is 12.2 Å². The van der Waals surface area contributed by atoms with Gasteiger partial charge >= 0.3 is 5.97 Å². The van der Waals surface area contributed by atoms with E-state index in [2.05, 4.69) is 6.58 Å². The standard InChI is InChI=1S/C13H22O3/c1-2-3-4-5-6-7-8-9-10-12(14)11-13(15)16/h2H,1,3-11H2,(H,15,16). The molecule has 3 heteroatoms. The summed E-state index contributed by atoms with van der Waals surface area (Å²) in [7, 11) is 0. The topological polar surface area (TPSA) is 54.4 Å². The maximum atomic E-state index is 11.0. The van der Waals surface area contributed by atoms with Gasteiger partial charge in [0.25, 0.3) is 0 Å². The molecule has 0 fully saturated rings. The van der Waals surface area contributed by atoms with Crippen molar-refractivity contribution >= 4 is 11.8 Å². The molecule has 0 amide bonds. The third-order valence-electron chi connectivity index (χ3n) is 2.46. The lowest BCUT2D eigenvalue weighted by Crippen LogP contribution is -2.05. The van der Waals surface area contributed by atoms with Gasteiger partial charge in [-0.1, -0.05) is 31.8 Å². The van der Waals surface area contributed by atoms with Crippen molar-refractivity contribution in [3.05, 3.63) is 12.7 Å². The maximum Gasteiger partial charge on any atom is 0.310 e. The van der Waals surface area contributed by atoms with Crippen LogP contribution in [0, 0.1) is 0 Å². The van der Waals surface area contributed by atoms with Gasteiger partial charge in [-0.3, -0.25) is 9.59 Å². The molecule has 0 saturated carbocycles. The van der Waals surface area contributed by atoms with Gasteiger partial charge in [-0.05, 0) is 19.3 Å². The molecule has 16 heavy (non-hydrogen) atoms. The number of Topliss-reactive ketones (excluding diaryl/α,β-unsaturated/α-hetero) is 1. The van der Waals surface area contributed by atoms with Crippen LogP contribution in [-0.4, -0.2) is 16.9 Å². The number of rotatable bonds is 11. The minimum Gasteiger partial charge on any atom is -0.481 e. The summed E-state index contributed by atoms with van der Waals surface area (Å²) in [6.45, 7) is 3.67. The van der Waals surface area contributed by atoms with Crippen LogP contribution in [0.5, 0.6) is 0 Å². The predicted octanol–water partition coefficient (Wildman–Crippen LogP) is 3.34. The van der Waals surface area contributed by atoms with Gasteiger partial charge in [-0.15, -0.1) is 6.58 Å². The van der Waals surface area contributed by atoms with Gasteiger partial charge < -0.3 is 5.11 Å². The third-order valence-corrected chi connectivity index (χ3v) is 2.46. The first kappa shape index (κ1) is 14.9. The Balaban J connectivity index is 3.17. The number of ketones is 1. The van der Waals surface area contributed by atoms with E-state index in [1.165, 1.54) is 19.3 Å². The highest BCUT2D eigenvalue weighted by molar-refractivity contribution is 5.94. The first-order valence-electron chi connectivity index (χ1n) is 6.01. The highest BCUT2D eigenvalue weighted by atomic mass is 16.4. The van der Waals surface area contributed by atoms with Crippen molar-refractivity contribution in [3.8, 4) is 0 Å². The van der Waals surface area contributed by atoms with Gasteiger partial charge in [0.1, 0.15) is 12.2 Å². The molecule has 0 rings (SSSR count). The number of carbonyl (C=O) groups excluding carboxylic acids is 1. The number of hydrogen-bond donors (Lipinski definition) is 1. The lowest BCUT2D eigenvalue weighted by molar-refractivity contribution is -0.140. The molecule has 92 valence electrons. The molecule has 0 aliphatic carbocycles. The normalized spacial score (nSPS) is 10.0. The van der Waals surface area contributed by atoms with Crippen molar-refractivity contribution in [1.29, 1.82) is 0 Å². The molecular formula is C13H22O3. The van der Waals surface area contributed by atoms with E-state index in [1.807, 2.05) is 6.08 Å². The van der Waals surface area contributed by atoms with E-state index in [0.717, 1.165) is 25.7 Å². The van der Waals surface area contributed by atoms with Crippen molar-refractivity contribution in [2.24, 2.45) is 0 Å². The van der Waals surface area contributed by atoms with E-state index >= 15 is 0 Å². The molecular weight excluding hydrogens is 204 g/mol. The fourth-order valence-corrected chi connectivity index (χ4v) is 1.58. The zero-order chi connectivity index (χ0) is 12.2. The Hall–Kier alpha value is -1.12. The number of allylic oxidation sites excluding steroid dienone is 1. The lowest BCUT2D eigenvalue weighted by atomic mass is 10.1. The second-order valence-corrected chi connectivity index (χ2v) is 4.06. The summed E-state index contributed by atoms with van der Waals surface area (Å²) in [6, 6.07) is 0. The molecule has 0 spiro atoms. The summed E-state index contributed by atoms with van der Waals surface area (Å²) in [5.74, 6) is -1.17. The van der Waals surface area contributed by atoms with E-state index in [4.69, 9.17) is 5.11 Å². The molecule has 0 aromatic rings. The molecule has 0 unspecified atom stereocenters. The number of carboxylic acid groups (broad SMARTS) is 1. The molecule has 0 aromatic heterocycles. The van der Waals surface area contributed by atoms with Crippen LogP contribution in [0.1, 0.15) is 57.8 Å². The van der Waals surface area contributed by atoms with Crippen molar-refractivity contribution in [2.75, 3.05) is 0 Å². The van der Waals surface area contributed by atoms with Crippen LogP contribution >= 0.6 is 0 Å². The minimum atomic E-state index is -1.02. The molecule has 0 aromatic carbocycles. The zero-order valence-electron chi connectivity index (χ0n) is 9.91. The minimum absolute atomic E-state index is 0.154. The predicted molar refractivity (Wildman–Crippen MR) is 64.4 cm³/mol. The average Bonchev–Trinajstić information content (AvgIpc) is 2.21. The SMILES string of the molecule is C=CCCCCCCCCC(=O)CC(=O)O. The Morgan fingerprint density at radius 2 is 1.56 bits per heavy atom. The van der Waals surface area contributed by atoms with Crippen LogP contribution in [0.3, 0.4) is 0 Å². The van der Waals surface area contributed by atoms with E-state index in [1.54, 1.807) is 0 Å². The van der Waals surface area contributed by atoms with Crippen LogP contribution in [0.25, 0.3) is 0 Å². The Bertz CT molecular complexity index is 221. The highest BCUT2D eigenvalue weighted by Crippen LogP contribution is 2.09. The van der Waals surface area contributed by atoms with Gasteiger partial charge in [-0.25, -0.2) is 0 Å². The van der Waals surface area contributed by atoms with Crippen LogP contribution < -0.4 is 0 Å². The highest BCUT2D eigenvalue weighted by Gasteiger charge is 2.06. The summed E-state index contributed by atoms with van der Waals surface area (Å²) in [5, 5.41) is 8.38. The summed E-state index contributed by atoms with van der Waals surface area (Å²) in [4.78, 5) is 21.3. The van der Waals surface area contributed by atoms with Crippen molar-refractivity contribution in [1.82, 2.24) is 0 Å². The van der Waals surface area contributed by atoms with Gasteiger partial charge in [0.15, 0.2) is 0 Å². The lowest BCUT2D eigenvalue weighted by Gasteiger charge is -2.00. The molecule has 3 nitrogen and oxygen atoms in total. The number of unbranched alkanes of at least 4 members (excludes halogenated alkanes) is 6. The van der Waals surface area contributed by atoms with Gasteiger partial charge in [0, 0.05) is 6.42 Å². The molecule has 0 saturated heterocycles. The second-order valence-electron chi connectivity index (χ2n) is 4.06. The van der Waals surface area contributed by atoms with Crippen LogP contribution in [0.2, 0.25) is 0 Å². The van der Waals surface area contributed by atoms with Crippen molar-refractivity contribution < 1.29 is 14.7 Å². The van der Waals surface area contributed by atoms with Gasteiger partial charge in [0.2, 0.25) is 0 Å². The van der Waals surface area contributed by atoms with Gasteiger partial charge in [-0.2, -0.15) is 0 Å². The van der Waals surface area contributed by atoms with E-state index in [9.17, 15) is 9.59 Å². The first-order valence-corrected chi connectivity index (χ1v) is 6.01. The van der Waals surface area contributed by atoms with E-state index < -0.39 is 5.97 Å². The number of carbonyl (C=O) groups is 2. The summed E-state index contributed by atoms with van der Waals surface area (Å²) < 4.78 is 0. The fourth-order valence-electron chi connectivity index (χ4n) is 1.58.